The number of pyridine rings is 1. The van der Waals surface area contributed by atoms with E-state index in [0.717, 1.165) is 22.1 Å². The van der Waals surface area contributed by atoms with Gasteiger partial charge < -0.3 is 4.90 Å². The summed E-state index contributed by atoms with van der Waals surface area (Å²) in [5, 5.41) is 0. The number of hydrogen-bond acceptors (Lipinski definition) is 2. The molecule has 0 aromatic carbocycles. The van der Waals surface area contributed by atoms with Crippen molar-refractivity contribution in [2.24, 2.45) is 11.8 Å². The molecule has 2 saturated carbocycles. The minimum atomic E-state index is 0.924. The first-order valence-corrected chi connectivity index (χ1v) is 6.97. The largest absolute Gasteiger partial charge is 0.355 e. The maximum absolute atomic E-state index is 4.52. The molecule has 0 aliphatic heterocycles. The molecule has 2 fully saturated rings. The van der Waals surface area contributed by atoms with Crippen LogP contribution in [0.2, 0.25) is 0 Å². The Morgan fingerprint density at radius 2 is 1.81 bits per heavy atom. The number of aromatic nitrogens is 1. The van der Waals surface area contributed by atoms with E-state index in [1.807, 2.05) is 12.3 Å². The van der Waals surface area contributed by atoms with Gasteiger partial charge in [-0.1, -0.05) is 0 Å². The minimum absolute atomic E-state index is 0.924. The van der Waals surface area contributed by atoms with Gasteiger partial charge in [0.15, 0.2) is 0 Å². The fraction of sp³-hybridized carbons (Fsp3) is 0.615. The lowest BCUT2D eigenvalue weighted by Crippen LogP contribution is -2.29. The van der Waals surface area contributed by atoms with Crippen LogP contribution in [0.25, 0.3) is 0 Å². The molecular formula is C13H17BrN2. The predicted molar refractivity (Wildman–Crippen MR) is 69.6 cm³/mol. The van der Waals surface area contributed by atoms with E-state index >= 15 is 0 Å². The van der Waals surface area contributed by atoms with Crippen molar-refractivity contribution in [1.29, 1.82) is 0 Å². The van der Waals surface area contributed by atoms with Gasteiger partial charge in [0.2, 0.25) is 0 Å². The smallest absolute Gasteiger partial charge is 0.142 e. The molecule has 86 valence electrons. The lowest BCUT2D eigenvalue weighted by atomic mass is 10.3. The third-order valence-corrected chi connectivity index (χ3v) is 4.01. The molecule has 0 bridgehead atoms. The molecule has 2 aliphatic rings. The highest BCUT2D eigenvalue weighted by molar-refractivity contribution is 9.10. The molecule has 3 rings (SSSR count). The number of rotatable bonds is 5. The van der Waals surface area contributed by atoms with Crippen LogP contribution in [0, 0.1) is 11.8 Å². The summed E-state index contributed by atoms with van der Waals surface area (Å²) in [5.41, 5.74) is 0. The molecule has 16 heavy (non-hydrogen) atoms. The maximum Gasteiger partial charge on any atom is 0.142 e. The van der Waals surface area contributed by atoms with Crippen molar-refractivity contribution >= 4 is 21.7 Å². The van der Waals surface area contributed by atoms with E-state index in [2.05, 4.69) is 31.9 Å². The Labute approximate surface area is 105 Å². The van der Waals surface area contributed by atoms with Gasteiger partial charge >= 0.3 is 0 Å². The Bertz CT molecular complexity index is 358. The number of anilines is 1. The Morgan fingerprint density at radius 1 is 1.19 bits per heavy atom. The molecule has 0 amide bonds. The second-order valence-corrected chi connectivity index (χ2v) is 5.95. The SMILES string of the molecule is Brc1cccnc1N(CC1CC1)CC1CC1. The van der Waals surface area contributed by atoms with Crippen molar-refractivity contribution in [1.82, 2.24) is 4.98 Å². The van der Waals surface area contributed by atoms with Crippen LogP contribution < -0.4 is 4.90 Å². The second-order valence-electron chi connectivity index (χ2n) is 5.10. The van der Waals surface area contributed by atoms with Crippen molar-refractivity contribution in [3.63, 3.8) is 0 Å². The molecule has 1 aromatic heterocycles. The molecule has 1 aromatic rings. The minimum Gasteiger partial charge on any atom is -0.355 e. The first-order chi connectivity index (χ1) is 7.83. The zero-order valence-corrected chi connectivity index (χ0v) is 11.0. The van der Waals surface area contributed by atoms with E-state index in [1.54, 1.807) is 0 Å². The molecule has 0 saturated heterocycles. The van der Waals surface area contributed by atoms with Crippen molar-refractivity contribution < 1.29 is 0 Å². The molecule has 0 atom stereocenters. The topological polar surface area (TPSA) is 16.1 Å². The summed E-state index contributed by atoms with van der Waals surface area (Å²) in [7, 11) is 0. The van der Waals surface area contributed by atoms with Crippen molar-refractivity contribution in [3.8, 4) is 0 Å². The van der Waals surface area contributed by atoms with Gasteiger partial charge in [-0.2, -0.15) is 0 Å². The highest BCUT2D eigenvalue weighted by atomic mass is 79.9. The van der Waals surface area contributed by atoms with Crippen LogP contribution in [0.1, 0.15) is 25.7 Å². The van der Waals surface area contributed by atoms with Gasteiger partial charge in [-0.3, -0.25) is 0 Å². The molecule has 1 heterocycles. The standard InChI is InChI=1S/C13H17BrN2/c14-12-2-1-7-15-13(12)16(8-10-3-4-10)9-11-5-6-11/h1-2,7,10-11H,3-6,8-9H2. The van der Waals surface area contributed by atoms with Crippen LogP contribution in [-0.4, -0.2) is 18.1 Å². The first kappa shape index (κ1) is 10.6. The van der Waals surface area contributed by atoms with E-state index < -0.39 is 0 Å². The van der Waals surface area contributed by atoms with Crippen LogP contribution in [-0.2, 0) is 0 Å². The third-order valence-electron chi connectivity index (χ3n) is 3.39. The number of hydrogen-bond donors (Lipinski definition) is 0. The summed E-state index contributed by atoms with van der Waals surface area (Å²) in [6.45, 7) is 2.40. The molecule has 0 unspecified atom stereocenters. The van der Waals surface area contributed by atoms with Crippen LogP contribution in [0.4, 0.5) is 5.82 Å². The second kappa shape index (κ2) is 4.36. The molecule has 0 N–H and O–H groups in total. The fourth-order valence-electron chi connectivity index (χ4n) is 2.08. The number of nitrogens with zero attached hydrogens (tertiary/aromatic N) is 2. The van der Waals surface area contributed by atoms with Gasteiger partial charge in [-0.05, 0) is 65.6 Å². The van der Waals surface area contributed by atoms with E-state index in [9.17, 15) is 0 Å². The molecule has 3 heteroatoms. The summed E-state index contributed by atoms with van der Waals surface area (Å²) < 4.78 is 1.14. The average Bonchev–Trinajstić information content (AvgIpc) is 3.12. The van der Waals surface area contributed by atoms with E-state index in [1.165, 1.54) is 38.8 Å². The zero-order chi connectivity index (χ0) is 11.0. The average molecular weight is 281 g/mol. The van der Waals surface area contributed by atoms with Gasteiger partial charge in [0.25, 0.3) is 0 Å². The zero-order valence-electron chi connectivity index (χ0n) is 9.40. The van der Waals surface area contributed by atoms with Crippen LogP contribution in [0.3, 0.4) is 0 Å². The van der Waals surface area contributed by atoms with E-state index in [4.69, 9.17) is 0 Å². The quantitative estimate of drug-likeness (QED) is 0.821. The lowest BCUT2D eigenvalue weighted by Gasteiger charge is -2.24. The van der Waals surface area contributed by atoms with Gasteiger partial charge in [0, 0.05) is 19.3 Å². The number of halogens is 1. The maximum atomic E-state index is 4.52. The summed E-state index contributed by atoms with van der Waals surface area (Å²) in [6.07, 6.45) is 7.53. The summed E-state index contributed by atoms with van der Waals surface area (Å²) in [4.78, 5) is 7.00. The first-order valence-electron chi connectivity index (χ1n) is 6.18. The van der Waals surface area contributed by atoms with Gasteiger partial charge in [0.1, 0.15) is 5.82 Å². The normalized spacial score (nSPS) is 19.8. The summed E-state index contributed by atoms with van der Waals surface area (Å²) in [6, 6.07) is 4.08. The monoisotopic (exact) mass is 280 g/mol. The molecular weight excluding hydrogens is 264 g/mol. The Balaban J connectivity index is 1.76. The highest BCUT2D eigenvalue weighted by Crippen LogP contribution is 2.36. The molecule has 0 radical (unpaired) electrons. The Kier molecular flexibility index (Phi) is 2.88. The van der Waals surface area contributed by atoms with E-state index in [0.29, 0.717) is 0 Å². The van der Waals surface area contributed by atoms with Crippen molar-refractivity contribution in [2.45, 2.75) is 25.7 Å². The van der Waals surface area contributed by atoms with Gasteiger partial charge in [0.05, 0.1) is 4.47 Å². The summed E-state index contributed by atoms with van der Waals surface area (Å²) in [5.74, 6) is 2.99. The van der Waals surface area contributed by atoms with Crippen LogP contribution in [0.15, 0.2) is 22.8 Å². The van der Waals surface area contributed by atoms with Crippen LogP contribution in [0.5, 0.6) is 0 Å². The third kappa shape index (κ3) is 2.57. The summed E-state index contributed by atoms with van der Waals surface area (Å²) >= 11 is 3.61. The molecule has 2 aliphatic carbocycles. The van der Waals surface area contributed by atoms with Crippen molar-refractivity contribution in [2.75, 3.05) is 18.0 Å². The van der Waals surface area contributed by atoms with Gasteiger partial charge in [-0.25, -0.2) is 4.98 Å². The molecule has 2 nitrogen and oxygen atoms in total. The Hall–Kier alpha value is -0.570. The fourth-order valence-corrected chi connectivity index (χ4v) is 2.59. The van der Waals surface area contributed by atoms with Gasteiger partial charge in [-0.15, -0.1) is 0 Å². The highest BCUT2D eigenvalue weighted by Gasteiger charge is 2.30. The molecule has 0 spiro atoms. The van der Waals surface area contributed by atoms with Crippen molar-refractivity contribution in [3.05, 3.63) is 22.8 Å². The van der Waals surface area contributed by atoms with E-state index in [-0.39, 0.29) is 0 Å². The predicted octanol–water partition coefficient (Wildman–Crippen LogP) is 3.47. The Morgan fingerprint density at radius 3 is 2.31 bits per heavy atom. The van der Waals surface area contributed by atoms with Crippen LogP contribution >= 0.6 is 15.9 Å². The lowest BCUT2D eigenvalue weighted by molar-refractivity contribution is 0.670.